The molecule has 7 heteroatoms. The molecule has 0 aromatic carbocycles. The van der Waals surface area contributed by atoms with Gasteiger partial charge in [-0.05, 0) is 44.3 Å². The number of amides is 1. The Kier molecular flexibility index (Phi) is 5.61. The van der Waals surface area contributed by atoms with E-state index in [9.17, 15) is 9.59 Å². The molecule has 0 bridgehead atoms. The van der Waals surface area contributed by atoms with Crippen LogP contribution in [0.15, 0.2) is 13.6 Å². The number of nitrogens with one attached hydrogen (secondary N) is 1. The monoisotopic (exact) mass is 383 g/mol. The maximum Gasteiger partial charge on any atom is 0.326 e. The summed E-state index contributed by atoms with van der Waals surface area (Å²) in [6.45, 7) is 1.87. The van der Waals surface area contributed by atoms with Crippen LogP contribution in [0.3, 0.4) is 0 Å². The van der Waals surface area contributed by atoms with E-state index in [0.29, 0.717) is 22.2 Å². The molecule has 0 unspecified atom stereocenters. The second-order valence-electron chi connectivity index (χ2n) is 3.39. The third-order valence-corrected chi connectivity index (χ3v) is 4.42. The minimum atomic E-state index is -1.01. The largest absolute Gasteiger partial charge is 0.480 e. The first-order valence-electron chi connectivity index (χ1n) is 4.94. The van der Waals surface area contributed by atoms with Gasteiger partial charge in [0.1, 0.15) is 6.04 Å². The molecule has 0 saturated heterocycles. The van der Waals surface area contributed by atoms with Crippen molar-refractivity contribution in [3.63, 3.8) is 0 Å². The first-order chi connectivity index (χ1) is 7.95. The summed E-state index contributed by atoms with van der Waals surface area (Å²) in [6.07, 6.45) is 1.12. The van der Waals surface area contributed by atoms with Crippen LogP contribution in [0, 0.1) is 0 Å². The Morgan fingerprint density at radius 1 is 1.53 bits per heavy atom. The highest BCUT2D eigenvalue weighted by Gasteiger charge is 2.21. The van der Waals surface area contributed by atoms with Crippen LogP contribution in [0.4, 0.5) is 0 Å². The molecule has 0 spiro atoms. The van der Waals surface area contributed by atoms with Crippen LogP contribution >= 0.6 is 43.2 Å². The summed E-state index contributed by atoms with van der Waals surface area (Å²) in [7, 11) is 0. The average molecular weight is 385 g/mol. The number of rotatable bonds is 5. The number of thiophene rings is 1. The van der Waals surface area contributed by atoms with Gasteiger partial charge in [0.2, 0.25) is 0 Å². The third kappa shape index (κ3) is 4.08. The van der Waals surface area contributed by atoms with Crippen molar-refractivity contribution in [2.75, 3.05) is 0 Å². The number of hydrogen-bond acceptors (Lipinski definition) is 3. The molecule has 1 aromatic rings. The Morgan fingerprint density at radius 2 is 2.18 bits per heavy atom. The second-order valence-corrected chi connectivity index (χ2v) is 7.14. The summed E-state index contributed by atoms with van der Waals surface area (Å²) in [5, 5.41) is 11.4. The lowest BCUT2D eigenvalue weighted by atomic mass is 10.1. The zero-order valence-electron chi connectivity index (χ0n) is 9.00. The van der Waals surface area contributed by atoms with Crippen molar-refractivity contribution in [3.8, 4) is 0 Å². The lowest BCUT2D eigenvalue weighted by Crippen LogP contribution is -2.40. The number of carboxylic acid groups (broad SMARTS) is 1. The average Bonchev–Trinajstić information content (AvgIpc) is 2.57. The van der Waals surface area contributed by atoms with E-state index in [1.54, 1.807) is 6.07 Å². The van der Waals surface area contributed by atoms with Crippen molar-refractivity contribution in [1.29, 1.82) is 0 Å². The molecule has 1 amide bonds. The predicted octanol–water partition coefficient (Wildman–Crippen LogP) is 3.26. The van der Waals surface area contributed by atoms with Gasteiger partial charge in [0.25, 0.3) is 5.91 Å². The summed E-state index contributed by atoms with van der Waals surface area (Å²) in [4.78, 5) is 22.8. The molecular formula is C10H11Br2NO3S. The summed E-state index contributed by atoms with van der Waals surface area (Å²) in [5.41, 5.74) is 0.448. The molecule has 94 valence electrons. The van der Waals surface area contributed by atoms with Crippen molar-refractivity contribution >= 4 is 55.1 Å². The maximum atomic E-state index is 11.8. The van der Waals surface area contributed by atoms with E-state index in [4.69, 9.17) is 5.11 Å². The molecule has 0 aliphatic carbocycles. The molecule has 0 saturated carbocycles. The van der Waals surface area contributed by atoms with Gasteiger partial charge >= 0.3 is 5.97 Å². The fourth-order valence-electron chi connectivity index (χ4n) is 1.28. The third-order valence-electron chi connectivity index (χ3n) is 2.08. The Morgan fingerprint density at radius 3 is 2.59 bits per heavy atom. The number of carbonyl (C=O) groups is 2. The van der Waals surface area contributed by atoms with Crippen LogP contribution in [0.2, 0.25) is 0 Å². The van der Waals surface area contributed by atoms with Crippen LogP contribution in [-0.2, 0) is 4.79 Å². The molecule has 1 atom stereocenters. The molecule has 1 aromatic heterocycles. The van der Waals surface area contributed by atoms with Crippen LogP contribution < -0.4 is 5.32 Å². The topological polar surface area (TPSA) is 66.4 Å². The molecule has 4 nitrogen and oxygen atoms in total. The van der Waals surface area contributed by atoms with Gasteiger partial charge in [0, 0.05) is 0 Å². The molecule has 0 aliphatic rings. The van der Waals surface area contributed by atoms with E-state index < -0.39 is 12.0 Å². The van der Waals surface area contributed by atoms with Crippen molar-refractivity contribution in [3.05, 3.63) is 19.2 Å². The van der Waals surface area contributed by atoms with E-state index in [0.717, 1.165) is 3.79 Å². The van der Waals surface area contributed by atoms with Gasteiger partial charge in [-0.15, -0.1) is 11.3 Å². The van der Waals surface area contributed by atoms with Gasteiger partial charge in [-0.1, -0.05) is 13.3 Å². The fourth-order valence-corrected chi connectivity index (χ4v) is 4.07. The van der Waals surface area contributed by atoms with Crippen LogP contribution in [0.25, 0.3) is 0 Å². The minimum absolute atomic E-state index is 0.375. The summed E-state index contributed by atoms with van der Waals surface area (Å²) in [5.74, 6) is -1.38. The second kappa shape index (κ2) is 6.51. The van der Waals surface area contributed by atoms with Gasteiger partial charge in [-0.25, -0.2) is 4.79 Å². The first-order valence-corrected chi connectivity index (χ1v) is 7.34. The zero-order chi connectivity index (χ0) is 13.0. The predicted molar refractivity (Wildman–Crippen MR) is 73.5 cm³/mol. The summed E-state index contributed by atoms with van der Waals surface area (Å²) < 4.78 is 1.50. The minimum Gasteiger partial charge on any atom is -0.480 e. The normalized spacial score (nSPS) is 12.2. The number of aliphatic carboxylic acids is 1. The smallest absolute Gasteiger partial charge is 0.326 e. The summed E-state index contributed by atoms with van der Waals surface area (Å²) >= 11 is 7.90. The highest BCUT2D eigenvalue weighted by molar-refractivity contribution is 9.12. The number of carbonyl (C=O) groups excluding carboxylic acids is 1. The lowest BCUT2D eigenvalue weighted by Gasteiger charge is -2.12. The van der Waals surface area contributed by atoms with Gasteiger partial charge in [0.05, 0.1) is 13.1 Å². The molecule has 0 radical (unpaired) electrons. The van der Waals surface area contributed by atoms with E-state index in [2.05, 4.69) is 37.2 Å². The molecule has 2 N–H and O–H groups in total. The quantitative estimate of drug-likeness (QED) is 0.818. The van der Waals surface area contributed by atoms with Crippen molar-refractivity contribution in [2.24, 2.45) is 0 Å². The van der Waals surface area contributed by atoms with E-state index in [1.807, 2.05) is 6.92 Å². The van der Waals surface area contributed by atoms with E-state index >= 15 is 0 Å². The highest BCUT2D eigenvalue weighted by Crippen LogP contribution is 2.31. The molecule has 1 rings (SSSR count). The van der Waals surface area contributed by atoms with Gasteiger partial charge in [-0.3, -0.25) is 4.79 Å². The van der Waals surface area contributed by atoms with Gasteiger partial charge < -0.3 is 10.4 Å². The van der Waals surface area contributed by atoms with Crippen LogP contribution in [0.5, 0.6) is 0 Å². The SMILES string of the molecule is CCC[C@H](NC(=O)c1cc(Br)sc1Br)C(=O)O. The van der Waals surface area contributed by atoms with Crippen molar-refractivity contribution in [2.45, 2.75) is 25.8 Å². The maximum absolute atomic E-state index is 11.8. The Labute approximate surface area is 120 Å². The van der Waals surface area contributed by atoms with Gasteiger partial charge in [-0.2, -0.15) is 0 Å². The lowest BCUT2D eigenvalue weighted by molar-refractivity contribution is -0.139. The zero-order valence-corrected chi connectivity index (χ0v) is 13.0. The highest BCUT2D eigenvalue weighted by atomic mass is 79.9. The van der Waals surface area contributed by atoms with Gasteiger partial charge in [0.15, 0.2) is 0 Å². The van der Waals surface area contributed by atoms with E-state index in [1.165, 1.54) is 11.3 Å². The Hall–Kier alpha value is -0.400. The molecule has 0 fully saturated rings. The molecule has 17 heavy (non-hydrogen) atoms. The van der Waals surface area contributed by atoms with Crippen LogP contribution in [0.1, 0.15) is 30.1 Å². The first kappa shape index (κ1) is 14.7. The van der Waals surface area contributed by atoms with Crippen molar-refractivity contribution < 1.29 is 14.7 Å². The summed E-state index contributed by atoms with van der Waals surface area (Å²) in [6, 6.07) is 0.827. The Bertz CT molecular complexity index is 433. The van der Waals surface area contributed by atoms with E-state index in [-0.39, 0.29) is 5.91 Å². The standard InChI is InChI=1S/C10H11Br2NO3S/c1-2-3-6(10(15)16)13-9(14)5-4-7(11)17-8(5)12/h4,6H,2-3H2,1H3,(H,13,14)(H,15,16)/t6-/m0/s1. The number of hydrogen-bond donors (Lipinski definition) is 2. The van der Waals surface area contributed by atoms with Crippen molar-refractivity contribution in [1.82, 2.24) is 5.32 Å². The molecule has 1 heterocycles. The fraction of sp³-hybridized carbons (Fsp3) is 0.400. The molecule has 0 aliphatic heterocycles. The van der Waals surface area contributed by atoms with Crippen LogP contribution in [-0.4, -0.2) is 23.0 Å². The Balaban J connectivity index is 2.77. The molecular weight excluding hydrogens is 374 g/mol. The number of halogens is 2. The number of carboxylic acids is 1.